The predicted molar refractivity (Wildman–Crippen MR) is 66.3 cm³/mol. The molecule has 0 heterocycles. The van der Waals surface area contributed by atoms with Crippen molar-refractivity contribution >= 4 is 16.0 Å². The van der Waals surface area contributed by atoms with E-state index in [1.807, 2.05) is 0 Å². The quantitative estimate of drug-likeness (QED) is 0.767. The van der Waals surface area contributed by atoms with Gasteiger partial charge in [-0.25, -0.2) is 8.42 Å². The van der Waals surface area contributed by atoms with Crippen LogP contribution in [0, 0.1) is 0 Å². The lowest BCUT2D eigenvalue weighted by Crippen LogP contribution is -2.26. The minimum absolute atomic E-state index is 0.123. The molecule has 1 N–H and O–H groups in total. The van der Waals surface area contributed by atoms with E-state index < -0.39 is 16.0 Å². The second-order valence-electron chi connectivity index (χ2n) is 3.65. The van der Waals surface area contributed by atoms with E-state index in [1.54, 1.807) is 0 Å². The van der Waals surface area contributed by atoms with Gasteiger partial charge in [-0.3, -0.25) is 9.63 Å². The van der Waals surface area contributed by atoms with Gasteiger partial charge in [-0.05, 0) is 17.7 Å². The minimum atomic E-state index is -3.90. The van der Waals surface area contributed by atoms with Gasteiger partial charge in [0, 0.05) is 7.05 Å². The molecule has 19 heavy (non-hydrogen) atoms. The minimum Gasteiger partial charge on any atom is -0.495 e. The second-order valence-corrected chi connectivity index (χ2v) is 5.56. The van der Waals surface area contributed by atoms with Gasteiger partial charge in [0.25, 0.3) is 10.0 Å². The lowest BCUT2D eigenvalue weighted by atomic mass is 10.1. The summed E-state index contributed by atoms with van der Waals surface area (Å²) in [4.78, 5) is 15.2. The Kier molecular flexibility index (Phi) is 4.87. The molecule has 7 nitrogen and oxygen atoms in total. The molecule has 0 atom stereocenters. The standard InChI is InChI=1S/C11H15NO6S/c1-12(18-3)19(15,16)10-6-8(7-11(13)14)4-5-9(10)17-2/h4-6H,7H2,1-3H3,(H,13,14). The van der Waals surface area contributed by atoms with Gasteiger partial charge in [0.15, 0.2) is 0 Å². The molecular weight excluding hydrogens is 274 g/mol. The molecule has 1 aromatic rings. The Bertz CT molecular complexity index is 569. The number of hydrogen-bond donors (Lipinski definition) is 1. The summed E-state index contributed by atoms with van der Waals surface area (Å²) in [6.07, 6.45) is -0.275. The number of nitrogens with zero attached hydrogens (tertiary/aromatic N) is 1. The highest BCUT2D eigenvalue weighted by molar-refractivity contribution is 7.89. The molecule has 0 aromatic heterocycles. The maximum absolute atomic E-state index is 12.2. The SMILES string of the molecule is COc1ccc(CC(=O)O)cc1S(=O)(=O)N(C)OC. The Morgan fingerprint density at radius 3 is 2.47 bits per heavy atom. The van der Waals surface area contributed by atoms with Crippen LogP contribution in [0.2, 0.25) is 0 Å². The van der Waals surface area contributed by atoms with Crippen molar-refractivity contribution < 1.29 is 27.9 Å². The van der Waals surface area contributed by atoms with E-state index in [0.29, 0.717) is 10.0 Å². The van der Waals surface area contributed by atoms with Gasteiger partial charge < -0.3 is 9.84 Å². The number of ether oxygens (including phenoxy) is 1. The van der Waals surface area contributed by atoms with Gasteiger partial charge in [-0.15, -0.1) is 0 Å². The lowest BCUT2D eigenvalue weighted by Gasteiger charge is -2.17. The van der Waals surface area contributed by atoms with Crippen LogP contribution in [0.5, 0.6) is 5.75 Å². The fourth-order valence-electron chi connectivity index (χ4n) is 1.44. The smallest absolute Gasteiger partial charge is 0.307 e. The molecule has 0 radical (unpaired) electrons. The van der Waals surface area contributed by atoms with Gasteiger partial charge in [-0.2, -0.15) is 0 Å². The van der Waals surface area contributed by atoms with Crippen LogP contribution in [0.25, 0.3) is 0 Å². The van der Waals surface area contributed by atoms with Crippen molar-refractivity contribution in [1.82, 2.24) is 4.47 Å². The lowest BCUT2D eigenvalue weighted by molar-refractivity contribution is -0.136. The molecule has 0 saturated carbocycles. The number of sulfonamides is 1. The first kappa shape index (κ1) is 15.4. The normalized spacial score (nSPS) is 11.6. The van der Waals surface area contributed by atoms with E-state index in [-0.39, 0.29) is 17.1 Å². The predicted octanol–water partition coefficient (Wildman–Crippen LogP) is 0.504. The third kappa shape index (κ3) is 3.43. The Morgan fingerprint density at radius 1 is 1.37 bits per heavy atom. The van der Waals surface area contributed by atoms with E-state index in [9.17, 15) is 13.2 Å². The van der Waals surface area contributed by atoms with Crippen LogP contribution >= 0.6 is 0 Å². The number of carbonyl (C=O) groups is 1. The fourth-order valence-corrected chi connectivity index (χ4v) is 2.62. The molecule has 0 amide bonds. The van der Waals surface area contributed by atoms with Crippen LogP contribution in [0.4, 0.5) is 0 Å². The van der Waals surface area contributed by atoms with Crippen molar-refractivity contribution in [2.45, 2.75) is 11.3 Å². The molecule has 0 fully saturated rings. The first-order chi connectivity index (χ1) is 8.82. The van der Waals surface area contributed by atoms with Gasteiger partial charge in [0.1, 0.15) is 10.6 Å². The molecule has 106 valence electrons. The molecule has 1 aromatic carbocycles. The number of hydrogen-bond acceptors (Lipinski definition) is 5. The molecule has 0 saturated heterocycles. The van der Waals surface area contributed by atoms with Crippen LogP contribution in [0.3, 0.4) is 0 Å². The second kappa shape index (κ2) is 6.00. The number of methoxy groups -OCH3 is 1. The van der Waals surface area contributed by atoms with Crippen LogP contribution in [-0.2, 0) is 26.1 Å². The Hall–Kier alpha value is -1.64. The zero-order chi connectivity index (χ0) is 14.6. The summed E-state index contributed by atoms with van der Waals surface area (Å²) in [7, 11) is -0.117. The first-order valence-corrected chi connectivity index (χ1v) is 6.68. The molecule has 1 rings (SSSR count). The number of rotatable bonds is 6. The van der Waals surface area contributed by atoms with E-state index in [4.69, 9.17) is 9.84 Å². The average Bonchev–Trinajstić information content (AvgIpc) is 2.36. The molecule has 0 aliphatic heterocycles. The number of benzene rings is 1. The third-order valence-corrected chi connectivity index (χ3v) is 4.16. The van der Waals surface area contributed by atoms with E-state index >= 15 is 0 Å². The number of carboxylic acid groups (broad SMARTS) is 1. The maximum Gasteiger partial charge on any atom is 0.307 e. The zero-order valence-electron chi connectivity index (χ0n) is 10.8. The summed E-state index contributed by atoms with van der Waals surface area (Å²) in [5, 5.41) is 8.73. The summed E-state index contributed by atoms with van der Waals surface area (Å²) in [5.74, 6) is -0.924. The monoisotopic (exact) mass is 289 g/mol. The van der Waals surface area contributed by atoms with Gasteiger partial charge in [0.05, 0.1) is 20.6 Å². The Morgan fingerprint density at radius 2 is 2.00 bits per heavy atom. The summed E-state index contributed by atoms with van der Waals surface area (Å²) in [5.41, 5.74) is 0.358. The molecule has 0 unspecified atom stereocenters. The van der Waals surface area contributed by atoms with Crippen molar-refractivity contribution in [1.29, 1.82) is 0 Å². The van der Waals surface area contributed by atoms with Crippen LogP contribution in [0.1, 0.15) is 5.56 Å². The van der Waals surface area contributed by atoms with Gasteiger partial charge >= 0.3 is 5.97 Å². The Balaban J connectivity index is 3.34. The average molecular weight is 289 g/mol. The van der Waals surface area contributed by atoms with Crippen molar-refractivity contribution in [3.63, 3.8) is 0 Å². The molecule has 8 heteroatoms. The van der Waals surface area contributed by atoms with Crippen molar-refractivity contribution in [2.75, 3.05) is 21.3 Å². The summed E-state index contributed by atoms with van der Waals surface area (Å²) in [6, 6.07) is 4.17. The first-order valence-electron chi connectivity index (χ1n) is 5.24. The highest BCUT2D eigenvalue weighted by atomic mass is 32.2. The number of carboxylic acids is 1. The Labute approximate surface area is 111 Å². The summed E-state index contributed by atoms with van der Waals surface area (Å²) in [6.45, 7) is 0. The maximum atomic E-state index is 12.2. The highest BCUT2D eigenvalue weighted by Gasteiger charge is 2.25. The fraction of sp³-hybridized carbons (Fsp3) is 0.364. The van der Waals surface area contributed by atoms with Crippen LogP contribution < -0.4 is 4.74 Å². The van der Waals surface area contributed by atoms with E-state index in [1.165, 1.54) is 39.5 Å². The number of aliphatic carboxylic acids is 1. The topological polar surface area (TPSA) is 93.1 Å². The van der Waals surface area contributed by atoms with Crippen LogP contribution in [0.15, 0.2) is 23.1 Å². The van der Waals surface area contributed by atoms with Crippen molar-refractivity contribution in [3.05, 3.63) is 23.8 Å². The van der Waals surface area contributed by atoms with Crippen LogP contribution in [-0.4, -0.2) is 45.2 Å². The number of hydroxylamine groups is 1. The summed E-state index contributed by atoms with van der Waals surface area (Å²) >= 11 is 0. The van der Waals surface area contributed by atoms with Gasteiger partial charge in [0.2, 0.25) is 0 Å². The molecule has 0 aliphatic rings. The zero-order valence-corrected chi connectivity index (χ0v) is 11.6. The molecular formula is C11H15NO6S. The molecule has 0 aliphatic carbocycles. The highest BCUT2D eigenvalue weighted by Crippen LogP contribution is 2.27. The van der Waals surface area contributed by atoms with Crippen molar-refractivity contribution in [3.8, 4) is 5.75 Å². The molecule has 0 bridgehead atoms. The van der Waals surface area contributed by atoms with Crippen molar-refractivity contribution in [2.24, 2.45) is 0 Å². The van der Waals surface area contributed by atoms with Gasteiger partial charge in [-0.1, -0.05) is 10.5 Å². The molecule has 0 spiro atoms. The van der Waals surface area contributed by atoms with E-state index in [2.05, 4.69) is 4.84 Å². The third-order valence-electron chi connectivity index (χ3n) is 2.46. The summed E-state index contributed by atoms with van der Waals surface area (Å²) < 4.78 is 30.0. The van der Waals surface area contributed by atoms with E-state index in [0.717, 1.165) is 0 Å². The largest absolute Gasteiger partial charge is 0.495 e.